The molecule has 0 bridgehead atoms. The number of methoxy groups -OCH3 is 1. The van der Waals surface area contributed by atoms with Gasteiger partial charge in [0, 0.05) is 17.5 Å². The van der Waals surface area contributed by atoms with Crippen LogP contribution in [0.1, 0.15) is 5.56 Å². The topological polar surface area (TPSA) is 50.4 Å². The number of benzene rings is 3. The van der Waals surface area contributed by atoms with E-state index >= 15 is 0 Å². The van der Waals surface area contributed by atoms with Crippen molar-refractivity contribution < 1.29 is 9.53 Å². The molecule has 0 unspecified atom stereocenters. The van der Waals surface area contributed by atoms with Gasteiger partial charge in [-0.1, -0.05) is 54.6 Å². The maximum atomic E-state index is 12.4. The third-order valence-electron chi connectivity index (χ3n) is 4.39. The van der Waals surface area contributed by atoms with Gasteiger partial charge in [-0.25, -0.2) is 0 Å². The predicted molar refractivity (Wildman–Crippen MR) is 105 cm³/mol. The summed E-state index contributed by atoms with van der Waals surface area (Å²) in [5.41, 5.74) is 5.31. The Hall–Kier alpha value is -3.53. The first-order chi connectivity index (χ1) is 12.8. The zero-order valence-corrected chi connectivity index (χ0v) is 14.3. The number of hydrogen-bond donors (Lipinski definition) is 2. The van der Waals surface area contributed by atoms with E-state index in [0.29, 0.717) is 5.57 Å². The molecule has 4 rings (SSSR count). The lowest BCUT2D eigenvalue weighted by Gasteiger charge is -2.08. The van der Waals surface area contributed by atoms with Gasteiger partial charge in [0.1, 0.15) is 5.75 Å². The Morgan fingerprint density at radius 2 is 1.69 bits per heavy atom. The van der Waals surface area contributed by atoms with Gasteiger partial charge < -0.3 is 15.4 Å². The number of amides is 1. The summed E-state index contributed by atoms with van der Waals surface area (Å²) in [6.45, 7) is 0. The highest BCUT2D eigenvalue weighted by Crippen LogP contribution is 2.35. The molecule has 0 aliphatic carbocycles. The van der Waals surface area contributed by atoms with Crippen molar-refractivity contribution in [3.05, 3.63) is 84.6 Å². The lowest BCUT2D eigenvalue weighted by Crippen LogP contribution is -2.05. The van der Waals surface area contributed by atoms with Gasteiger partial charge >= 0.3 is 0 Å². The second kappa shape index (κ2) is 6.76. The van der Waals surface area contributed by atoms with E-state index in [2.05, 4.69) is 22.8 Å². The van der Waals surface area contributed by atoms with Crippen molar-refractivity contribution in [3.63, 3.8) is 0 Å². The molecule has 4 nitrogen and oxygen atoms in total. The van der Waals surface area contributed by atoms with E-state index in [-0.39, 0.29) is 5.91 Å². The summed E-state index contributed by atoms with van der Waals surface area (Å²) in [5.74, 6) is 0.606. The smallest absolute Gasteiger partial charge is 0.257 e. The van der Waals surface area contributed by atoms with E-state index in [4.69, 9.17) is 4.74 Å². The minimum Gasteiger partial charge on any atom is -0.495 e. The molecule has 2 N–H and O–H groups in total. The highest BCUT2D eigenvalue weighted by Gasteiger charge is 2.24. The molecule has 3 aromatic carbocycles. The Kier molecular flexibility index (Phi) is 4.15. The van der Waals surface area contributed by atoms with E-state index in [1.807, 2.05) is 60.7 Å². The van der Waals surface area contributed by atoms with Crippen LogP contribution in [0.3, 0.4) is 0 Å². The number of nitrogens with one attached hydrogen (secondary N) is 2. The van der Waals surface area contributed by atoms with Crippen molar-refractivity contribution in [2.45, 2.75) is 0 Å². The maximum Gasteiger partial charge on any atom is 0.257 e. The molecule has 0 saturated heterocycles. The van der Waals surface area contributed by atoms with Crippen molar-refractivity contribution in [2.75, 3.05) is 17.7 Å². The molecule has 1 aliphatic rings. The molecule has 3 aromatic rings. The summed E-state index contributed by atoms with van der Waals surface area (Å²) < 4.78 is 5.33. The molecule has 0 fully saturated rings. The van der Waals surface area contributed by atoms with Crippen LogP contribution in [0.5, 0.6) is 5.75 Å². The second-order valence-corrected chi connectivity index (χ2v) is 5.98. The number of ether oxygens (including phenoxy) is 1. The monoisotopic (exact) mass is 342 g/mol. The van der Waals surface area contributed by atoms with Crippen LogP contribution in [0.4, 0.5) is 11.4 Å². The largest absolute Gasteiger partial charge is 0.495 e. The minimum absolute atomic E-state index is 0.118. The fourth-order valence-corrected chi connectivity index (χ4v) is 3.06. The van der Waals surface area contributed by atoms with Gasteiger partial charge in [-0.2, -0.15) is 0 Å². The number of anilines is 2. The highest BCUT2D eigenvalue weighted by molar-refractivity contribution is 6.31. The fraction of sp³-hybridized carbons (Fsp3) is 0.0455. The summed E-state index contributed by atoms with van der Waals surface area (Å²) in [6, 6.07) is 23.7. The molecule has 26 heavy (non-hydrogen) atoms. The Bertz CT molecular complexity index is 994. The molecule has 4 heteroatoms. The van der Waals surface area contributed by atoms with Crippen LogP contribution in [0.2, 0.25) is 0 Å². The molecular weight excluding hydrogens is 324 g/mol. The molecule has 1 aliphatic heterocycles. The Labute approximate surface area is 152 Å². The molecule has 1 heterocycles. The summed E-state index contributed by atoms with van der Waals surface area (Å²) in [7, 11) is 1.62. The first-order valence-electron chi connectivity index (χ1n) is 8.37. The number of carbonyl (C=O) groups is 1. The summed E-state index contributed by atoms with van der Waals surface area (Å²) >= 11 is 0. The average Bonchev–Trinajstić information content (AvgIpc) is 3.01. The van der Waals surface area contributed by atoms with Crippen LogP contribution in [0.15, 0.2) is 79.0 Å². The molecule has 0 atom stereocenters. The Balaban J connectivity index is 1.65. The molecule has 0 radical (unpaired) electrons. The minimum atomic E-state index is -0.118. The SMILES string of the molecule is COc1ccccc1NC=C1C(=O)Nc2cc(-c3ccccc3)ccc21. The van der Waals surface area contributed by atoms with Crippen molar-refractivity contribution in [1.29, 1.82) is 0 Å². The van der Waals surface area contributed by atoms with Crippen LogP contribution in [-0.4, -0.2) is 13.0 Å². The van der Waals surface area contributed by atoms with Gasteiger partial charge in [0.2, 0.25) is 0 Å². The van der Waals surface area contributed by atoms with Crippen LogP contribution in [0, 0.1) is 0 Å². The molecule has 0 aromatic heterocycles. The van der Waals surface area contributed by atoms with Crippen LogP contribution >= 0.6 is 0 Å². The third kappa shape index (κ3) is 2.93. The first-order valence-corrected chi connectivity index (χ1v) is 8.37. The van der Waals surface area contributed by atoms with E-state index in [1.165, 1.54) is 0 Å². The van der Waals surface area contributed by atoms with E-state index in [0.717, 1.165) is 33.8 Å². The second-order valence-electron chi connectivity index (χ2n) is 5.98. The maximum absolute atomic E-state index is 12.4. The van der Waals surface area contributed by atoms with Crippen molar-refractivity contribution in [2.24, 2.45) is 0 Å². The van der Waals surface area contributed by atoms with Gasteiger partial charge in [-0.3, -0.25) is 4.79 Å². The Morgan fingerprint density at radius 1 is 0.923 bits per heavy atom. The lowest BCUT2D eigenvalue weighted by molar-refractivity contribution is -0.110. The molecule has 1 amide bonds. The first kappa shape index (κ1) is 16.0. The van der Waals surface area contributed by atoms with Crippen LogP contribution in [0.25, 0.3) is 16.7 Å². The zero-order chi connectivity index (χ0) is 17.9. The summed E-state index contributed by atoms with van der Waals surface area (Å²) in [6.07, 6.45) is 1.72. The zero-order valence-electron chi connectivity index (χ0n) is 14.3. The molecular formula is C22H18N2O2. The van der Waals surface area contributed by atoms with Gasteiger partial charge in [0.25, 0.3) is 5.91 Å². The standard InChI is InChI=1S/C22H18N2O2/c1-26-21-10-6-5-9-19(21)23-14-18-17-12-11-16(13-20(17)24-22(18)25)15-7-3-2-4-8-15/h2-14,23H,1H3,(H,24,25). The van der Waals surface area contributed by atoms with Crippen molar-refractivity contribution in [1.82, 2.24) is 0 Å². The highest BCUT2D eigenvalue weighted by atomic mass is 16.5. The van der Waals surface area contributed by atoms with E-state index < -0.39 is 0 Å². The number of carbonyl (C=O) groups excluding carboxylic acids is 1. The molecule has 128 valence electrons. The Morgan fingerprint density at radius 3 is 2.50 bits per heavy atom. The van der Waals surface area contributed by atoms with Crippen molar-refractivity contribution in [3.8, 4) is 16.9 Å². The quantitative estimate of drug-likeness (QED) is 0.672. The van der Waals surface area contributed by atoms with Crippen molar-refractivity contribution >= 4 is 22.9 Å². The predicted octanol–water partition coefficient (Wildman–Crippen LogP) is 4.77. The summed E-state index contributed by atoms with van der Waals surface area (Å²) in [5, 5.41) is 6.12. The number of hydrogen-bond acceptors (Lipinski definition) is 3. The lowest BCUT2D eigenvalue weighted by atomic mass is 10.0. The normalized spacial score (nSPS) is 14.0. The number of para-hydroxylation sites is 2. The summed E-state index contributed by atoms with van der Waals surface area (Å²) in [4.78, 5) is 12.4. The molecule has 0 saturated carbocycles. The van der Waals surface area contributed by atoms with Gasteiger partial charge in [-0.15, -0.1) is 0 Å². The van der Waals surface area contributed by atoms with E-state index in [9.17, 15) is 4.79 Å². The van der Waals surface area contributed by atoms with Crippen LogP contribution < -0.4 is 15.4 Å². The van der Waals surface area contributed by atoms with Crippen LogP contribution in [-0.2, 0) is 4.79 Å². The number of fused-ring (bicyclic) bond motifs is 1. The van der Waals surface area contributed by atoms with Gasteiger partial charge in [0.15, 0.2) is 0 Å². The van der Waals surface area contributed by atoms with Gasteiger partial charge in [-0.05, 0) is 29.3 Å². The van der Waals surface area contributed by atoms with Gasteiger partial charge in [0.05, 0.1) is 18.4 Å². The van der Waals surface area contributed by atoms with E-state index in [1.54, 1.807) is 13.3 Å². The number of rotatable bonds is 4. The average molecular weight is 342 g/mol. The molecule has 0 spiro atoms. The third-order valence-corrected chi connectivity index (χ3v) is 4.39. The fourth-order valence-electron chi connectivity index (χ4n) is 3.06.